The lowest BCUT2D eigenvalue weighted by atomic mass is 9.97. The van der Waals surface area contributed by atoms with Crippen molar-refractivity contribution < 1.29 is 0 Å². The van der Waals surface area contributed by atoms with Crippen molar-refractivity contribution in [3.05, 3.63) is 56.2 Å². The smallest absolute Gasteiger partial charge is 0.241 e. The van der Waals surface area contributed by atoms with Gasteiger partial charge in [-0.25, -0.2) is 4.68 Å². The zero-order chi connectivity index (χ0) is 16.0. The van der Waals surface area contributed by atoms with Crippen molar-refractivity contribution in [2.45, 2.75) is 18.5 Å². The van der Waals surface area contributed by atoms with E-state index in [1.54, 1.807) is 17.4 Å². The summed E-state index contributed by atoms with van der Waals surface area (Å²) in [5.41, 5.74) is 6.78. The van der Waals surface area contributed by atoms with Crippen LogP contribution in [0.5, 0.6) is 0 Å². The number of nitrogen functional groups attached to an aromatic ring is 1. The maximum Gasteiger partial charge on any atom is 0.241 e. The van der Waals surface area contributed by atoms with Crippen LogP contribution in [0.4, 0.5) is 11.9 Å². The highest BCUT2D eigenvalue weighted by atomic mass is 35.5. The number of rotatable bonds is 2. The highest BCUT2D eigenvalue weighted by Gasteiger charge is 2.32. The molecule has 2 aromatic heterocycles. The van der Waals surface area contributed by atoms with Crippen molar-refractivity contribution in [3.8, 4) is 0 Å². The minimum atomic E-state index is 0.0166. The zero-order valence-electron chi connectivity index (χ0n) is 11.9. The maximum atomic E-state index is 6.38. The van der Waals surface area contributed by atoms with E-state index in [1.807, 2.05) is 22.9 Å². The van der Waals surface area contributed by atoms with Gasteiger partial charge in [-0.1, -0.05) is 35.3 Å². The first-order valence-corrected chi connectivity index (χ1v) is 8.72. The summed E-state index contributed by atoms with van der Waals surface area (Å²) < 4.78 is 1.85. The van der Waals surface area contributed by atoms with Gasteiger partial charge in [-0.05, 0) is 35.6 Å². The van der Waals surface area contributed by atoms with Crippen LogP contribution in [0.15, 0.2) is 35.7 Å². The first kappa shape index (κ1) is 14.8. The Bertz CT molecular complexity index is 846. The fourth-order valence-electron chi connectivity index (χ4n) is 2.90. The highest BCUT2D eigenvalue weighted by molar-refractivity contribution is 7.10. The molecular formula is C15H13Cl2N5S. The third kappa shape index (κ3) is 2.67. The van der Waals surface area contributed by atoms with Crippen LogP contribution in [0.25, 0.3) is 0 Å². The SMILES string of the molecule is Nc1nc2n(n1)C(c1cccs1)CC(c1ccc(Cl)cc1Cl)N2. The molecule has 0 spiro atoms. The van der Waals surface area contributed by atoms with Crippen LogP contribution in [0.1, 0.15) is 28.9 Å². The predicted octanol–water partition coefficient (Wildman–Crippen LogP) is 4.37. The lowest BCUT2D eigenvalue weighted by Gasteiger charge is -2.31. The third-order valence-electron chi connectivity index (χ3n) is 3.91. The molecule has 23 heavy (non-hydrogen) atoms. The van der Waals surface area contributed by atoms with Crippen molar-refractivity contribution in [1.82, 2.24) is 14.8 Å². The van der Waals surface area contributed by atoms with E-state index in [0.29, 0.717) is 16.0 Å². The summed E-state index contributed by atoms with van der Waals surface area (Å²) >= 11 is 14.1. The number of anilines is 2. The summed E-state index contributed by atoms with van der Waals surface area (Å²) in [4.78, 5) is 5.50. The van der Waals surface area contributed by atoms with Gasteiger partial charge in [0.25, 0.3) is 0 Å². The van der Waals surface area contributed by atoms with Crippen LogP contribution in [-0.4, -0.2) is 14.8 Å². The molecule has 118 valence electrons. The third-order valence-corrected chi connectivity index (χ3v) is 5.45. The first-order chi connectivity index (χ1) is 11.1. The predicted molar refractivity (Wildman–Crippen MR) is 94.3 cm³/mol. The van der Waals surface area contributed by atoms with Crippen LogP contribution >= 0.6 is 34.5 Å². The Hall–Kier alpha value is -1.76. The number of nitrogens with two attached hydrogens (primary N) is 1. The molecule has 0 saturated heterocycles. The summed E-state index contributed by atoms with van der Waals surface area (Å²) in [5.74, 6) is 0.917. The fourth-order valence-corrected chi connectivity index (χ4v) is 4.26. The van der Waals surface area contributed by atoms with E-state index in [1.165, 1.54) is 4.88 Å². The average Bonchev–Trinajstić information content (AvgIpc) is 3.14. The summed E-state index contributed by atoms with van der Waals surface area (Å²) in [5, 5.41) is 11.0. The lowest BCUT2D eigenvalue weighted by molar-refractivity contribution is 0.437. The molecule has 3 aromatic rings. The molecule has 0 fully saturated rings. The number of thiophene rings is 1. The van der Waals surface area contributed by atoms with E-state index in [-0.39, 0.29) is 18.0 Å². The molecular weight excluding hydrogens is 353 g/mol. The Balaban J connectivity index is 1.77. The van der Waals surface area contributed by atoms with E-state index in [9.17, 15) is 0 Å². The number of nitrogens with one attached hydrogen (secondary N) is 1. The van der Waals surface area contributed by atoms with Crippen LogP contribution in [0, 0.1) is 0 Å². The molecule has 5 nitrogen and oxygen atoms in total. The minimum absolute atomic E-state index is 0.0166. The van der Waals surface area contributed by atoms with Crippen molar-refractivity contribution >= 4 is 46.4 Å². The van der Waals surface area contributed by atoms with Crippen molar-refractivity contribution in [2.75, 3.05) is 11.1 Å². The monoisotopic (exact) mass is 365 g/mol. The van der Waals surface area contributed by atoms with Crippen LogP contribution < -0.4 is 11.1 Å². The number of benzene rings is 1. The van der Waals surface area contributed by atoms with E-state index in [4.69, 9.17) is 28.9 Å². The Labute approximate surface area is 147 Å². The maximum absolute atomic E-state index is 6.38. The average molecular weight is 366 g/mol. The van der Waals surface area contributed by atoms with Gasteiger partial charge in [0, 0.05) is 14.9 Å². The number of halogens is 2. The van der Waals surface area contributed by atoms with Gasteiger partial charge in [-0.15, -0.1) is 16.4 Å². The van der Waals surface area contributed by atoms with Crippen LogP contribution in [0.3, 0.4) is 0 Å². The van der Waals surface area contributed by atoms with Gasteiger partial charge in [-0.2, -0.15) is 4.98 Å². The molecule has 2 atom stereocenters. The molecule has 0 aliphatic carbocycles. The van der Waals surface area contributed by atoms with Gasteiger partial charge in [-0.3, -0.25) is 0 Å². The molecule has 4 rings (SSSR count). The Morgan fingerprint density at radius 1 is 1.30 bits per heavy atom. The van der Waals surface area contributed by atoms with Crippen LogP contribution in [-0.2, 0) is 0 Å². The van der Waals surface area contributed by atoms with Gasteiger partial charge >= 0.3 is 0 Å². The van der Waals surface area contributed by atoms with Gasteiger partial charge in [0.2, 0.25) is 11.9 Å². The van der Waals surface area contributed by atoms with Crippen molar-refractivity contribution in [1.29, 1.82) is 0 Å². The lowest BCUT2D eigenvalue weighted by Crippen LogP contribution is -2.27. The second-order valence-corrected chi connectivity index (χ2v) is 7.19. The molecule has 8 heteroatoms. The summed E-state index contributed by atoms with van der Waals surface area (Å²) in [6.07, 6.45) is 0.803. The van der Waals surface area contributed by atoms with E-state index in [2.05, 4.69) is 26.8 Å². The molecule has 0 radical (unpaired) electrons. The number of fused-ring (bicyclic) bond motifs is 1. The molecule has 0 saturated carbocycles. The highest BCUT2D eigenvalue weighted by Crippen LogP contribution is 2.41. The Morgan fingerprint density at radius 3 is 2.91 bits per heavy atom. The fraction of sp³-hybridized carbons (Fsp3) is 0.200. The molecule has 0 bridgehead atoms. The zero-order valence-corrected chi connectivity index (χ0v) is 14.2. The van der Waals surface area contributed by atoms with Gasteiger partial charge < -0.3 is 11.1 Å². The second kappa shape index (κ2) is 5.70. The molecule has 3 heterocycles. The van der Waals surface area contributed by atoms with Crippen molar-refractivity contribution in [2.24, 2.45) is 0 Å². The molecule has 0 amide bonds. The number of nitrogens with zero attached hydrogens (tertiary/aromatic N) is 3. The summed E-state index contributed by atoms with van der Waals surface area (Å²) in [6, 6.07) is 9.78. The number of aromatic nitrogens is 3. The largest absolute Gasteiger partial charge is 0.366 e. The number of hydrogen-bond acceptors (Lipinski definition) is 5. The van der Waals surface area contributed by atoms with E-state index >= 15 is 0 Å². The van der Waals surface area contributed by atoms with Crippen molar-refractivity contribution in [3.63, 3.8) is 0 Å². The quantitative estimate of drug-likeness (QED) is 0.707. The van der Waals surface area contributed by atoms with E-state index < -0.39 is 0 Å². The topological polar surface area (TPSA) is 68.8 Å². The van der Waals surface area contributed by atoms with E-state index in [0.717, 1.165) is 12.0 Å². The normalized spacial score (nSPS) is 20.1. The molecule has 1 aromatic carbocycles. The molecule has 2 unspecified atom stereocenters. The first-order valence-electron chi connectivity index (χ1n) is 7.08. The minimum Gasteiger partial charge on any atom is -0.366 e. The van der Waals surface area contributed by atoms with Gasteiger partial charge in [0.1, 0.15) is 0 Å². The van der Waals surface area contributed by atoms with Gasteiger partial charge in [0.15, 0.2) is 0 Å². The molecule has 1 aliphatic heterocycles. The van der Waals surface area contributed by atoms with Gasteiger partial charge in [0.05, 0.1) is 12.1 Å². The second-order valence-electron chi connectivity index (χ2n) is 5.37. The molecule has 1 aliphatic rings. The summed E-state index contributed by atoms with van der Waals surface area (Å²) in [7, 11) is 0. The number of hydrogen-bond donors (Lipinski definition) is 2. The summed E-state index contributed by atoms with van der Waals surface area (Å²) in [6.45, 7) is 0. The molecule has 3 N–H and O–H groups in total. The standard InChI is InChI=1S/C15H13Cl2N5S/c16-8-3-4-9(10(17)6-8)11-7-12(13-2-1-5-23-13)22-15(19-11)20-14(18)21-22/h1-6,11-12H,7H2,(H3,18,19,20,21). The Kier molecular flexibility index (Phi) is 3.67. The van der Waals surface area contributed by atoms with Crippen LogP contribution in [0.2, 0.25) is 10.0 Å². The Morgan fingerprint density at radius 2 is 2.17 bits per heavy atom.